The summed E-state index contributed by atoms with van der Waals surface area (Å²) in [6.45, 7) is 1.83. The second-order valence-corrected chi connectivity index (χ2v) is 9.26. The molecule has 1 aliphatic carbocycles. The number of carbonyl (C=O) groups is 1. The van der Waals surface area contributed by atoms with Gasteiger partial charge in [-0.2, -0.15) is 13.2 Å². The van der Waals surface area contributed by atoms with Crippen molar-refractivity contribution in [3.8, 4) is 5.75 Å². The number of hydrogen-bond acceptors (Lipinski definition) is 5. The van der Waals surface area contributed by atoms with Gasteiger partial charge in [-0.15, -0.1) is 10.2 Å². The van der Waals surface area contributed by atoms with Crippen LogP contribution < -0.4 is 10.1 Å². The molecule has 6 nitrogen and oxygen atoms in total. The third-order valence-corrected chi connectivity index (χ3v) is 6.32. The summed E-state index contributed by atoms with van der Waals surface area (Å²) >= 11 is 7.33. The molecule has 33 heavy (non-hydrogen) atoms. The highest BCUT2D eigenvalue weighted by molar-refractivity contribution is 8.00. The van der Waals surface area contributed by atoms with E-state index in [1.54, 1.807) is 19.1 Å². The highest BCUT2D eigenvalue weighted by atomic mass is 35.5. The summed E-state index contributed by atoms with van der Waals surface area (Å²) in [6.07, 6.45) is -2.55. The van der Waals surface area contributed by atoms with Gasteiger partial charge < -0.3 is 10.1 Å². The molecule has 0 bridgehead atoms. The summed E-state index contributed by atoms with van der Waals surface area (Å²) in [5, 5.41) is 11.4. The third-order valence-electron chi connectivity index (χ3n) is 4.95. The Bertz CT molecular complexity index is 1150. The van der Waals surface area contributed by atoms with E-state index in [-0.39, 0.29) is 18.3 Å². The summed E-state index contributed by atoms with van der Waals surface area (Å²) in [6, 6.07) is 11.9. The Morgan fingerprint density at radius 2 is 2.00 bits per heavy atom. The van der Waals surface area contributed by atoms with Gasteiger partial charge in [-0.05, 0) is 50.1 Å². The van der Waals surface area contributed by atoms with Crippen LogP contribution in [-0.4, -0.2) is 25.9 Å². The number of hydrogen-bond donors (Lipinski definition) is 1. The first kappa shape index (κ1) is 23.4. The average molecular weight is 497 g/mol. The van der Waals surface area contributed by atoms with E-state index in [0.717, 1.165) is 25.0 Å². The Kier molecular flexibility index (Phi) is 6.85. The number of rotatable bonds is 8. The van der Waals surface area contributed by atoms with Crippen LogP contribution in [0.2, 0.25) is 5.02 Å². The quantitative estimate of drug-likeness (QED) is 0.388. The molecule has 1 saturated carbocycles. The molecular formula is C22H20ClF3N4O2S. The summed E-state index contributed by atoms with van der Waals surface area (Å²) in [5.41, 5.74) is -0.739. The topological polar surface area (TPSA) is 69.0 Å². The van der Waals surface area contributed by atoms with Crippen molar-refractivity contribution in [1.29, 1.82) is 0 Å². The second-order valence-electron chi connectivity index (χ2n) is 7.55. The predicted molar refractivity (Wildman–Crippen MR) is 119 cm³/mol. The van der Waals surface area contributed by atoms with E-state index in [4.69, 9.17) is 16.3 Å². The number of anilines is 1. The smallest absolute Gasteiger partial charge is 0.416 e. The van der Waals surface area contributed by atoms with Crippen molar-refractivity contribution < 1.29 is 22.7 Å². The molecule has 174 valence electrons. The van der Waals surface area contributed by atoms with Gasteiger partial charge in [-0.1, -0.05) is 41.6 Å². The van der Waals surface area contributed by atoms with Crippen molar-refractivity contribution in [2.75, 3.05) is 5.32 Å². The van der Waals surface area contributed by atoms with Gasteiger partial charge >= 0.3 is 6.18 Å². The fourth-order valence-corrected chi connectivity index (χ4v) is 4.25. The Hall–Kier alpha value is -2.72. The molecule has 0 radical (unpaired) electrons. The summed E-state index contributed by atoms with van der Waals surface area (Å²) < 4.78 is 46.5. The minimum Gasteiger partial charge on any atom is -0.484 e. The van der Waals surface area contributed by atoms with Crippen molar-refractivity contribution in [1.82, 2.24) is 14.8 Å². The summed E-state index contributed by atoms with van der Waals surface area (Å²) in [5.74, 6) is 0.719. The summed E-state index contributed by atoms with van der Waals surface area (Å²) in [4.78, 5) is 12.6. The molecule has 1 N–H and O–H groups in total. The monoisotopic (exact) mass is 496 g/mol. The minimum absolute atomic E-state index is 0.0831. The highest BCUT2D eigenvalue weighted by Crippen LogP contribution is 2.40. The number of carbonyl (C=O) groups excluding carboxylic acids is 1. The van der Waals surface area contributed by atoms with Crippen LogP contribution in [0.25, 0.3) is 0 Å². The van der Waals surface area contributed by atoms with E-state index < -0.39 is 22.9 Å². The van der Waals surface area contributed by atoms with Crippen molar-refractivity contribution in [3.63, 3.8) is 0 Å². The molecule has 1 atom stereocenters. The minimum atomic E-state index is -4.48. The zero-order chi connectivity index (χ0) is 23.6. The Balaban J connectivity index is 1.43. The van der Waals surface area contributed by atoms with Crippen LogP contribution in [0.5, 0.6) is 5.75 Å². The van der Waals surface area contributed by atoms with Crippen molar-refractivity contribution in [3.05, 3.63) is 64.9 Å². The number of amides is 1. The van der Waals surface area contributed by atoms with Crippen LogP contribution >= 0.6 is 23.4 Å². The maximum atomic E-state index is 12.9. The number of ether oxygens (including phenoxy) is 1. The van der Waals surface area contributed by atoms with E-state index in [1.165, 1.54) is 23.9 Å². The molecule has 1 unspecified atom stereocenters. The molecule has 4 rings (SSSR count). The second kappa shape index (κ2) is 9.64. The normalized spacial score (nSPS) is 14.7. The SMILES string of the molecule is CC(Sc1nnc(COc2ccccc2Cl)n1C1CC1)C(=O)Nc1cccc(C(F)(F)F)c1. The molecule has 1 amide bonds. The molecule has 1 aromatic heterocycles. The molecule has 1 aliphatic rings. The van der Waals surface area contributed by atoms with Gasteiger partial charge in [0.05, 0.1) is 15.8 Å². The first-order chi connectivity index (χ1) is 15.7. The van der Waals surface area contributed by atoms with Gasteiger partial charge in [0.25, 0.3) is 0 Å². The van der Waals surface area contributed by atoms with Crippen LogP contribution in [0.3, 0.4) is 0 Å². The number of halogens is 4. The Morgan fingerprint density at radius 1 is 1.24 bits per heavy atom. The van der Waals surface area contributed by atoms with Crippen LogP contribution in [0.1, 0.15) is 37.2 Å². The Labute approximate surface area is 197 Å². The lowest BCUT2D eigenvalue weighted by Gasteiger charge is -2.14. The highest BCUT2D eigenvalue weighted by Gasteiger charge is 2.32. The molecule has 1 fully saturated rings. The molecule has 1 heterocycles. The maximum Gasteiger partial charge on any atom is 0.416 e. The fourth-order valence-electron chi connectivity index (χ4n) is 3.12. The summed E-state index contributed by atoms with van der Waals surface area (Å²) in [7, 11) is 0. The van der Waals surface area contributed by atoms with Crippen LogP contribution in [0.4, 0.5) is 18.9 Å². The largest absolute Gasteiger partial charge is 0.484 e. The van der Waals surface area contributed by atoms with E-state index in [9.17, 15) is 18.0 Å². The molecule has 0 aliphatic heterocycles. The molecule has 0 saturated heterocycles. The third kappa shape index (κ3) is 5.80. The number of benzene rings is 2. The fraction of sp³-hybridized carbons (Fsp3) is 0.318. The molecule has 2 aromatic carbocycles. The molecular weight excluding hydrogens is 477 g/mol. The van der Waals surface area contributed by atoms with Gasteiger partial charge in [0.15, 0.2) is 11.0 Å². The molecule has 3 aromatic rings. The zero-order valence-corrected chi connectivity index (χ0v) is 19.0. The van der Waals surface area contributed by atoms with E-state index in [0.29, 0.717) is 21.8 Å². The lowest BCUT2D eigenvalue weighted by molar-refractivity contribution is -0.137. The molecule has 0 spiro atoms. The van der Waals surface area contributed by atoms with E-state index >= 15 is 0 Å². The number of aromatic nitrogens is 3. The number of para-hydroxylation sites is 1. The van der Waals surface area contributed by atoms with Crippen molar-refractivity contribution in [2.24, 2.45) is 0 Å². The van der Waals surface area contributed by atoms with Crippen molar-refractivity contribution >= 4 is 35.0 Å². The van der Waals surface area contributed by atoms with Crippen LogP contribution in [-0.2, 0) is 17.6 Å². The van der Waals surface area contributed by atoms with Gasteiger partial charge in [-0.25, -0.2) is 0 Å². The van der Waals surface area contributed by atoms with Gasteiger partial charge in [-0.3, -0.25) is 9.36 Å². The number of nitrogens with one attached hydrogen (secondary N) is 1. The molecule has 11 heteroatoms. The lowest BCUT2D eigenvalue weighted by atomic mass is 10.2. The zero-order valence-electron chi connectivity index (χ0n) is 17.5. The first-order valence-corrected chi connectivity index (χ1v) is 11.4. The van der Waals surface area contributed by atoms with Crippen molar-refractivity contribution in [2.45, 2.75) is 49.0 Å². The van der Waals surface area contributed by atoms with Crippen LogP contribution in [0, 0.1) is 0 Å². The first-order valence-electron chi connectivity index (χ1n) is 10.2. The van der Waals surface area contributed by atoms with Gasteiger partial charge in [0, 0.05) is 11.7 Å². The van der Waals surface area contributed by atoms with Gasteiger partial charge in [0.2, 0.25) is 5.91 Å². The predicted octanol–water partition coefficient (Wildman–Crippen LogP) is 5.98. The van der Waals surface area contributed by atoms with E-state index in [2.05, 4.69) is 15.5 Å². The lowest BCUT2D eigenvalue weighted by Crippen LogP contribution is -2.23. The standard InChI is InChI=1S/C22H20ClF3N4O2S/c1-13(20(31)27-15-6-4-5-14(11-15)22(24,25)26)33-21-29-28-19(30(21)16-9-10-16)12-32-18-8-3-2-7-17(18)23/h2-8,11,13,16H,9-10,12H2,1H3,(H,27,31). The number of nitrogens with zero attached hydrogens (tertiary/aromatic N) is 3. The van der Waals surface area contributed by atoms with Gasteiger partial charge in [0.1, 0.15) is 12.4 Å². The number of alkyl halides is 3. The van der Waals surface area contributed by atoms with E-state index in [1.807, 2.05) is 16.7 Å². The maximum absolute atomic E-state index is 12.9. The average Bonchev–Trinajstić information content (AvgIpc) is 3.53. The van der Waals surface area contributed by atoms with Crippen LogP contribution in [0.15, 0.2) is 53.7 Å². The number of thioether (sulfide) groups is 1. The Morgan fingerprint density at radius 3 is 2.70 bits per heavy atom.